The van der Waals surface area contributed by atoms with Crippen LogP contribution in [0.3, 0.4) is 0 Å². The Morgan fingerprint density at radius 3 is 2.61 bits per heavy atom. The topological polar surface area (TPSA) is 33.2 Å². The Hall–Kier alpha value is -1.23. The van der Waals surface area contributed by atoms with E-state index < -0.39 is 0 Å². The van der Waals surface area contributed by atoms with Crippen LogP contribution >= 0.6 is 11.8 Å². The average molecular weight is 265 g/mol. The van der Waals surface area contributed by atoms with Crippen molar-refractivity contribution < 1.29 is 4.57 Å². The molecule has 2 rings (SSSR count). The number of imidazole rings is 1. The monoisotopic (exact) mass is 265 g/mol. The molecule has 0 aliphatic carbocycles. The zero-order valence-corrected chi connectivity index (χ0v) is 12.5. The minimum atomic E-state index is 0.387. The van der Waals surface area contributed by atoms with Crippen molar-refractivity contribution >= 4 is 23.2 Å². The standard InChI is InChI=1S/C13H21N4S/c1-9(2)15-12-11-14-7-6-8-16(11)13(18-5)17(12)10(3)4/h6-10,15H,1-5H3/q+1. The number of hydrogen-bond acceptors (Lipinski definition) is 3. The van der Waals surface area contributed by atoms with Crippen LogP contribution in [0.5, 0.6) is 0 Å². The van der Waals surface area contributed by atoms with Gasteiger partial charge >= 0.3 is 0 Å². The molecule has 0 spiro atoms. The van der Waals surface area contributed by atoms with Gasteiger partial charge in [0, 0.05) is 6.20 Å². The summed E-state index contributed by atoms with van der Waals surface area (Å²) in [6, 6.07) is 2.75. The third-order valence-corrected chi connectivity index (χ3v) is 3.49. The molecule has 2 heterocycles. The molecule has 0 atom stereocenters. The molecule has 4 nitrogen and oxygen atoms in total. The molecule has 2 aromatic heterocycles. The van der Waals surface area contributed by atoms with Crippen LogP contribution in [-0.4, -0.2) is 21.7 Å². The third-order valence-electron chi connectivity index (χ3n) is 2.74. The predicted octanol–water partition coefficient (Wildman–Crippen LogP) is 2.74. The highest BCUT2D eigenvalue weighted by atomic mass is 32.2. The van der Waals surface area contributed by atoms with Gasteiger partial charge in [0.2, 0.25) is 0 Å². The van der Waals surface area contributed by atoms with Crippen molar-refractivity contribution in [2.45, 2.75) is 44.9 Å². The molecule has 0 aliphatic heterocycles. The zero-order chi connectivity index (χ0) is 13.3. The molecule has 0 saturated carbocycles. The van der Waals surface area contributed by atoms with Gasteiger partial charge < -0.3 is 0 Å². The highest BCUT2D eigenvalue weighted by Gasteiger charge is 2.27. The number of anilines is 1. The van der Waals surface area contributed by atoms with E-state index >= 15 is 0 Å². The largest absolute Gasteiger partial charge is 0.299 e. The van der Waals surface area contributed by atoms with Gasteiger partial charge in [-0.1, -0.05) is 11.8 Å². The molecule has 0 radical (unpaired) electrons. The molecule has 18 heavy (non-hydrogen) atoms. The maximum Gasteiger partial charge on any atom is 0.283 e. The van der Waals surface area contributed by atoms with Gasteiger partial charge in [0.15, 0.2) is 0 Å². The van der Waals surface area contributed by atoms with Crippen molar-refractivity contribution in [2.75, 3.05) is 11.6 Å². The first-order chi connectivity index (χ1) is 8.56. The van der Waals surface area contributed by atoms with Crippen LogP contribution in [0.2, 0.25) is 0 Å². The number of nitrogens with one attached hydrogen (secondary N) is 1. The van der Waals surface area contributed by atoms with Crippen LogP contribution in [0.1, 0.15) is 33.7 Å². The molecular weight excluding hydrogens is 244 g/mol. The lowest BCUT2D eigenvalue weighted by atomic mass is 10.3. The lowest BCUT2D eigenvalue weighted by Gasteiger charge is -2.10. The Balaban J connectivity index is 2.74. The van der Waals surface area contributed by atoms with E-state index in [4.69, 9.17) is 0 Å². The SMILES string of the molecule is CSc1n2cccnc2c(NC(C)C)[n+]1C(C)C. The van der Waals surface area contributed by atoms with E-state index in [0.29, 0.717) is 12.1 Å². The maximum absolute atomic E-state index is 4.51. The molecule has 0 amide bonds. The van der Waals surface area contributed by atoms with Gasteiger partial charge in [-0.3, -0.25) is 5.32 Å². The summed E-state index contributed by atoms with van der Waals surface area (Å²) in [6.45, 7) is 8.70. The average Bonchev–Trinajstić information content (AvgIpc) is 2.63. The minimum Gasteiger partial charge on any atom is -0.299 e. The van der Waals surface area contributed by atoms with Crippen LogP contribution in [0.15, 0.2) is 23.6 Å². The second kappa shape index (κ2) is 5.18. The first-order valence-electron chi connectivity index (χ1n) is 6.27. The van der Waals surface area contributed by atoms with Crippen molar-refractivity contribution in [3.8, 4) is 0 Å². The van der Waals surface area contributed by atoms with Crippen LogP contribution in [0.4, 0.5) is 5.82 Å². The van der Waals surface area contributed by atoms with Crippen LogP contribution in [-0.2, 0) is 0 Å². The van der Waals surface area contributed by atoms with Gasteiger partial charge in [-0.2, -0.15) is 0 Å². The predicted molar refractivity (Wildman–Crippen MR) is 76.3 cm³/mol. The summed E-state index contributed by atoms with van der Waals surface area (Å²) < 4.78 is 4.46. The Morgan fingerprint density at radius 1 is 1.33 bits per heavy atom. The number of aromatic nitrogens is 3. The van der Waals surface area contributed by atoms with E-state index in [9.17, 15) is 0 Å². The van der Waals surface area contributed by atoms with Crippen LogP contribution < -0.4 is 9.88 Å². The van der Waals surface area contributed by atoms with Gasteiger partial charge in [-0.15, -0.1) is 0 Å². The molecule has 0 fully saturated rings. The van der Waals surface area contributed by atoms with E-state index in [-0.39, 0.29) is 0 Å². The van der Waals surface area contributed by atoms with E-state index in [2.05, 4.69) is 59.4 Å². The number of thioether (sulfide) groups is 1. The quantitative estimate of drug-likeness (QED) is 0.681. The number of rotatable bonds is 4. The maximum atomic E-state index is 4.51. The molecule has 0 aliphatic rings. The minimum absolute atomic E-state index is 0.387. The molecule has 5 heteroatoms. The van der Waals surface area contributed by atoms with Crippen molar-refractivity contribution in [3.05, 3.63) is 18.5 Å². The van der Waals surface area contributed by atoms with Gasteiger partial charge in [0.25, 0.3) is 16.6 Å². The van der Waals surface area contributed by atoms with Crippen molar-refractivity contribution in [1.82, 2.24) is 9.38 Å². The summed E-state index contributed by atoms with van der Waals surface area (Å²) in [5.41, 5.74) is 0.990. The first-order valence-corrected chi connectivity index (χ1v) is 7.49. The van der Waals surface area contributed by atoms with E-state index in [1.807, 2.05) is 12.3 Å². The van der Waals surface area contributed by atoms with Gasteiger partial charge in [-0.25, -0.2) is 14.0 Å². The van der Waals surface area contributed by atoms with E-state index in [1.165, 1.54) is 5.16 Å². The van der Waals surface area contributed by atoms with Crippen LogP contribution in [0, 0.1) is 0 Å². The highest BCUT2D eigenvalue weighted by Crippen LogP contribution is 2.22. The summed E-state index contributed by atoms with van der Waals surface area (Å²) in [5.74, 6) is 1.10. The summed E-state index contributed by atoms with van der Waals surface area (Å²) in [7, 11) is 0. The summed E-state index contributed by atoms with van der Waals surface area (Å²) >= 11 is 1.75. The fraction of sp³-hybridized carbons (Fsp3) is 0.538. The van der Waals surface area contributed by atoms with Crippen molar-refractivity contribution in [3.63, 3.8) is 0 Å². The highest BCUT2D eigenvalue weighted by molar-refractivity contribution is 7.98. The summed E-state index contributed by atoms with van der Waals surface area (Å²) in [5, 5.41) is 4.72. The summed E-state index contributed by atoms with van der Waals surface area (Å²) in [4.78, 5) is 4.51. The fourth-order valence-electron chi connectivity index (χ4n) is 2.10. The number of fused-ring (bicyclic) bond motifs is 1. The second-order valence-corrected chi connectivity index (χ2v) is 5.68. The molecule has 98 valence electrons. The van der Waals surface area contributed by atoms with Gasteiger partial charge in [0.1, 0.15) is 0 Å². The zero-order valence-electron chi connectivity index (χ0n) is 11.6. The number of nitrogens with zero attached hydrogens (tertiary/aromatic N) is 3. The number of hydrogen-bond donors (Lipinski definition) is 1. The first kappa shape index (κ1) is 13.2. The fourth-order valence-corrected chi connectivity index (χ4v) is 2.95. The van der Waals surface area contributed by atoms with E-state index in [1.54, 1.807) is 11.8 Å². The lowest BCUT2D eigenvalue weighted by Crippen LogP contribution is -2.40. The second-order valence-electron chi connectivity index (χ2n) is 4.91. The molecule has 0 unspecified atom stereocenters. The Labute approximate surface area is 112 Å². The Morgan fingerprint density at radius 2 is 2.06 bits per heavy atom. The van der Waals surface area contributed by atoms with Crippen LogP contribution in [0.25, 0.3) is 5.65 Å². The Kier molecular flexibility index (Phi) is 3.80. The third kappa shape index (κ3) is 2.19. The normalized spacial score (nSPS) is 11.7. The molecule has 2 aromatic rings. The van der Waals surface area contributed by atoms with Crippen molar-refractivity contribution in [2.24, 2.45) is 0 Å². The Bertz CT molecular complexity index is 545. The molecule has 0 bridgehead atoms. The smallest absolute Gasteiger partial charge is 0.283 e. The summed E-state index contributed by atoms with van der Waals surface area (Å²) in [6.07, 6.45) is 6.01. The molecule has 0 saturated heterocycles. The van der Waals surface area contributed by atoms with Gasteiger partial charge in [0.05, 0.1) is 18.3 Å². The molecule has 0 aromatic carbocycles. The van der Waals surface area contributed by atoms with Gasteiger partial charge in [-0.05, 0) is 40.0 Å². The van der Waals surface area contributed by atoms with Crippen molar-refractivity contribution in [1.29, 1.82) is 0 Å². The van der Waals surface area contributed by atoms with E-state index in [0.717, 1.165) is 11.5 Å². The lowest BCUT2D eigenvalue weighted by molar-refractivity contribution is -0.737. The molecular formula is C13H21N4S+. The molecule has 1 N–H and O–H groups in total.